The zero-order valence-electron chi connectivity index (χ0n) is 12.0. The summed E-state index contributed by atoms with van der Waals surface area (Å²) in [5.74, 6) is -1.57. The van der Waals surface area contributed by atoms with Crippen molar-refractivity contribution in [1.29, 1.82) is 0 Å². The van der Waals surface area contributed by atoms with Gasteiger partial charge in [-0.2, -0.15) is 0 Å². The molecule has 1 aromatic rings. The Morgan fingerprint density at radius 1 is 1.30 bits per heavy atom. The highest BCUT2D eigenvalue weighted by Crippen LogP contribution is 2.00. The number of hydrogen-bond donors (Lipinski definition) is 2. The first kappa shape index (κ1) is 15.9. The van der Waals surface area contributed by atoms with E-state index in [4.69, 9.17) is 5.11 Å². The molecule has 0 bridgehead atoms. The molecule has 1 amide bonds. The summed E-state index contributed by atoms with van der Waals surface area (Å²) in [6.07, 6.45) is 1.62. The molecule has 0 aromatic carbocycles. The smallest absolute Gasteiger partial charge is 0.341 e. The number of aromatic nitrogens is 1. The van der Waals surface area contributed by atoms with Crippen LogP contribution in [0.4, 0.5) is 0 Å². The molecule has 6 nitrogen and oxygen atoms in total. The van der Waals surface area contributed by atoms with Gasteiger partial charge in [0.25, 0.3) is 5.56 Å². The molecule has 0 saturated carbocycles. The highest BCUT2D eigenvalue weighted by Gasteiger charge is 2.15. The molecule has 110 valence electrons. The molecule has 0 aliphatic rings. The van der Waals surface area contributed by atoms with Gasteiger partial charge in [-0.3, -0.25) is 9.59 Å². The molecule has 20 heavy (non-hydrogen) atoms. The van der Waals surface area contributed by atoms with Gasteiger partial charge in [-0.1, -0.05) is 13.8 Å². The fourth-order valence-corrected chi connectivity index (χ4v) is 1.94. The van der Waals surface area contributed by atoms with Gasteiger partial charge in [0.2, 0.25) is 5.91 Å². The molecule has 1 rings (SSSR count). The average molecular weight is 280 g/mol. The number of pyridine rings is 1. The SMILES string of the molecule is CCC(CC)NC(=O)Cn1c(C)ccc(C(=O)O)c1=O. The van der Waals surface area contributed by atoms with Crippen LogP contribution >= 0.6 is 0 Å². The monoisotopic (exact) mass is 280 g/mol. The second-order valence-corrected chi connectivity index (χ2v) is 4.67. The minimum Gasteiger partial charge on any atom is -0.477 e. The van der Waals surface area contributed by atoms with Crippen molar-refractivity contribution >= 4 is 11.9 Å². The maximum Gasteiger partial charge on any atom is 0.341 e. The lowest BCUT2D eigenvalue weighted by atomic mass is 10.2. The predicted octanol–water partition coefficient (Wildman–Crippen LogP) is 1.16. The molecule has 1 aromatic heterocycles. The normalized spacial score (nSPS) is 10.6. The molecule has 0 aliphatic carbocycles. The molecule has 6 heteroatoms. The number of carboxylic acids is 1. The fraction of sp³-hybridized carbons (Fsp3) is 0.500. The van der Waals surface area contributed by atoms with Crippen LogP contribution in [0.15, 0.2) is 16.9 Å². The number of rotatable bonds is 6. The van der Waals surface area contributed by atoms with Gasteiger partial charge in [0.1, 0.15) is 12.1 Å². The van der Waals surface area contributed by atoms with Crippen LogP contribution in [-0.4, -0.2) is 27.6 Å². The summed E-state index contributed by atoms with van der Waals surface area (Å²) < 4.78 is 1.18. The lowest BCUT2D eigenvalue weighted by Gasteiger charge is -2.16. The van der Waals surface area contributed by atoms with Crippen LogP contribution in [0.3, 0.4) is 0 Å². The van der Waals surface area contributed by atoms with Crippen LogP contribution in [0.25, 0.3) is 0 Å². The zero-order chi connectivity index (χ0) is 15.3. The number of carbonyl (C=O) groups excluding carboxylic acids is 1. The van der Waals surface area contributed by atoms with Gasteiger partial charge in [0, 0.05) is 11.7 Å². The average Bonchev–Trinajstić information content (AvgIpc) is 2.40. The Hall–Kier alpha value is -2.11. The largest absolute Gasteiger partial charge is 0.477 e. The zero-order valence-corrected chi connectivity index (χ0v) is 12.0. The van der Waals surface area contributed by atoms with E-state index in [2.05, 4.69) is 5.32 Å². The molecule has 2 N–H and O–H groups in total. The Morgan fingerprint density at radius 2 is 1.90 bits per heavy atom. The van der Waals surface area contributed by atoms with Gasteiger partial charge in [0.15, 0.2) is 0 Å². The lowest BCUT2D eigenvalue weighted by Crippen LogP contribution is -2.39. The maximum absolute atomic E-state index is 12.0. The van der Waals surface area contributed by atoms with Crippen LogP contribution < -0.4 is 10.9 Å². The number of carbonyl (C=O) groups is 2. The van der Waals surface area contributed by atoms with Crippen LogP contribution in [0.5, 0.6) is 0 Å². The van der Waals surface area contributed by atoms with Crippen molar-refractivity contribution in [3.8, 4) is 0 Å². The fourth-order valence-electron chi connectivity index (χ4n) is 1.94. The van der Waals surface area contributed by atoms with Crippen LogP contribution in [-0.2, 0) is 11.3 Å². The summed E-state index contributed by atoms with van der Waals surface area (Å²) >= 11 is 0. The first-order chi connectivity index (χ1) is 9.40. The second-order valence-electron chi connectivity index (χ2n) is 4.67. The minimum absolute atomic E-state index is 0.0705. The predicted molar refractivity (Wildman–Crippen MR) is 74.9 cm³/mol. The molecular weight excluding hydrogens is 260 g/mol. The van der Waals surface area contributed by atoms with Crippen LogP contribution in [0.2, 0.25) is 0 Å². The number of nitrogens with zero attached hydrogens (tertiary/aromatic N) is 1. The van der Waals surface area contributed by atoms with E-state index in [-0.39, 0.29) is 24.1 Å². The van der Waals surface area contributed by atoms with E-state index in [9.17, 15) is 14.4 Å². The van der Waals surface area contributed by atoms with Crippen LogP contribution in [0.1, 0.15) is 42.7 Å². The van der Waals surface area contributed by atoms with Crippen molar-refractivity contribution in [3.63, 3.8) is 0 Å². The second kappa shape index (κ2) is 6.88. The van der Waals surface area contributed by atoms with E-state index < -0.39 is 11.5 Å². The Balaban J connectivity index is 2.98. The third kappa shape index (κ3) is 3.69. The number of nitrogens with one attached hydrogen (secondary N) is 1. The number of carboxylic acid groups (broad SMARTS) is 1. The first-order valence-corrected chi connectivity index (χ1v) is 6.63. The van der Waals surface area contributed by atoms with Gasteiger partial charge >= 0.3 is 5.97 Å². The van der Waals surface area contributed by atoms with Crippen molar-refractivity contribution in [1.82, 2.24) is 9.88 Å². The molecule has 0 aliphatic heterocycles. The molecule has 0 spiro atoms. The van der Waals surface area contributed by atoms with Gasteiger partial charge in [0.05, 0.1) is 0 Å². The number of aryl methyl sites for hydroxylation is 1. The summed E-state index contributed by atoms with van der Waals surface area (Å²) in [7, 11) is 0. The van der Waals surface area contributed by atoms with Gasteiger partial charge in [-0.25, -0.2) is 4.79 Å². The highest BCUT2D eigenvalue weighted by molar-refractivity contribution is 5.87. The third-order valence-corrected chi connectivity index (χ3v) is 3.28. The summed E-state index contributed by atoms with van der Waals surface area (Å²) in [4.78, 5) is 34.8. The highest BCUT2D eigenvalue weighted by atomic mass is 16.4. The Morgan fingerprint density at radius 3 is 2.40 bits per heavy atom. The molecule has 0 unspecified atom stereocenters. The summed E-state index contributed by atoms with van der Waals surface area (Å²) in [6, 6.07) is 2.85. The van der Waals surface area contributed by atoms with Crippen molar-refractivity contribution < 1.29 is 14.7 Å². The van der Waals surface area contributed by atoms with Crippen molar-refractivity contribution in [3.05, 3.63) is 33.7 Å². The third-order valence-electron chi connectivity index (χ3n) is 3.28. The van der Waals surface area contributed by atoms with Gasteiger partial charge in [-0.15, -0.1) is 0 Å². The minimum atomic E-state index is -1.29. The summed E-state index contributed by atoms with van der Waals surface area (Å²) in [6.45, 7) is 5.44. The van der Waals surface area contributed by atoms with Crippen LogP contribution in [0, 0.1) is 6.92 Å². The molecule has 0 saturated heterocycles. The van der Waals surface area contributed by atoms with Crippen molar-refractivity contribution in [2.24, 2.45) is 0 Å². The standard InChI is InChI=1S/C14H20N2O4/c1-4-10(5-2)15-12(17)8-16-9(3)6-7-11(13(16)18)14(19)20/h6-7,10H,4-5,8H2,1-3H3,(H,15,17)(H,19,20). The van der Waals surface area contributed by atoms with E-state index in [1.54, 1.807) is 6.92 Å². The Labute approximate surface area is 117 Å². The first-order valence-electron chi connectivity index (χ1n) is 6.63. The molecule has 0 radical (unpaired) electrons. The molecular formula is C14H20N2O4. The van der Waals surface area contributed by atoms with Gasteiger partial charge < -0.3 is 15.0 Å². The molecule has 0 fully saturated rings. The summed E-state index contributed by atoms with van der Waals surface area (Å²) in [5, 5.41) is 11.7. The van der Waals surface area contributed by atoms with E-state index >= 15 is 0 Å². The summed E-state index contributed by atoms with van der Waals surface area (Å²) in [5.41, 5.74) is -0.428. The maximum atomic E-state index is 12.0. The Kier molecular flexibility index (Phi) is 5.49. The number of amides is 1. The number of aromatic carboxylic acids is 1. The molecule has 0 atom stereocenters. The van der Waals surface area contributed by atoms with E-state index in [0.29, 0.717) is 5.69 Å². The van der Waals surface area contributed by atoms with E-state index in [1.165, 1.54) is 16.7 Å². The lowest BCUT2D eigenvalue weighted by molar-refractivity contribution is -0.122. The topological polar surface area (TPSA) is 88.4 Å². The Bertz CT molecular complexity index is 559. The molecule has 1 heterocycles. The van der Waals surface area contributed by atoms with Gasteiger partial charge in [-0.05, 0) is 31.9 Å². The number of hydrogen-bond acceptors (Lipinski definition) is 3. The van der Waals surface area contributed by atoms with Crippen molar-refractivity contribution in [2.45, 2.75) is 46.2 Å². The van der Waals surface area contributed by atoms with Crippen molar-refractivity contribution in [2.75, 3.05) is 0 Å². The van der Waals surface area contributed by atoms with E-state index in [0.717, 1.165) is 12.8 Å². The van der Waals surface area contributed by atoms with E-state index in [1.807, 2.05) is 13.8 Å². The quantitative estimate of drug-likeness (QED) is 0.818.